The van der Waals surface area contributed by atoms with Crippen molar-refractivity contribution in [2.75, 3.05) is 7.11 Å². The lowest BCUT2D eigenvalue weighted by molar-refractivity contribution is 0.0600. The second kappa shape index (κ2) is 5.47. The second-order valence-electron chi connectivity index (χ2n) is 3.78. The highest BCUT2D eigenvalue weighted by Gasteiger charge is 2.11. The smallest absolute Gasteiger partial charge is 0.339 e. The van der Waals surface area contributed by atoms with E-state index in [2.05, 4.69) is 9.72 Å². The first-order valence-corrected chi connectivity index (χ1v) is 6.04. The maximum Gasteiger partial charge on any atom is 0.339 e. The zero-order valence-corrected chi connectivity index (χ0v) is 11.4. The van der Waals surface area contributed by atoms with Gasteiger partial charge >= 0.3 is 5.97 Å². The fourth-order valence-electron chi connectivity index (χ4n) is 1.64. The van der Waals surface area contributed by atoms with E-state index in [1.807, 2.05) is 0 Å². The van der Waals surface area contributed by atoms with Gasteiger partial charge in [-0.3, -0.25) is 4.79 Å². The molecule has 19 heavy (non-hydrogen) atoms. The minimum Gasteiger partial charge on any atom is -0.465 e. The zero-order valence-electron chi connectivity index (χ0n) is 9.87. The van der Waals surface area contributed by atoms with Crippen LogP contribution in [0.5, 0.6) is 0 Å². The zero-order chi connectivity index (χ0) is 14.0. The van der Waals surface area contributed by atoms with E-state index in [4.69, 9.17) is 23.2 Å². The van der Waals surface area contributed by atoms with E-state index in [1.165, 1.54) is 19.4 Å². The van der Waals surface area contributed by atoms with Gasteiger partial charge in [-0.1, -0.05) is 23.2 Å². The van der Waals surface area contributed by atoms with Crippen molar-refractivity contribution in [3.63, 3.8) is 0 Å². The van der Waals surface area contributed by atoms with Crippen molar-refractivity contribution < 1.29 is 9.53 Å². The molecule has 0 amide bonds. The monoisotopic (exact) mass is 297 g/mol. The number of halogens is 2. The molecule has 2 rings (SSSR count). The third-order valence-corrected chi connectivity index (χ3v) is 2.93. The lowest BCUT2D eigenvalue weighted by Gasteiger charge is -2.05. The summed E-state index contributed by atoms with van der Waals surface area (Å²) in [5, 5.41) is 0.816. The average molecular weight is 298 g/mol. The summed E-state index contributed by atoms with van der Waals surface area (Å²) in [4.78, 5) is 25.7. The SMILES string of the molecule is COC(=O)c1c[nH]c(=O)c(-c2cc(Cl)cc(Cl)c2)c1. The summed E-state index contributed by atoms with van der Waals surface area (Å²) in [6, 6.07) is 6.19. The third-order valence-electron chi connectivity index (χ3n) is 2.50. The first kappa shape index (κ1) is 13.6. The Bertz CT molecular complexity index is 674. The number of aromatic nitrogens is 1. The van der Waals surface area contributed by atoms with Gasteiger partial charge in [0.25, 0.3) is 5.56 Å². The molecular formula is C13H9Cl2NO3. The molecule has 0 unspecified atom stereocenters. The molecule has 1 N–H and O–H groups in total. The molecule has 0 spiro atoms. The Morgan fingerprint density at radius 2 is 1.79 bits per heavy atom. The van der Waals surface area contributed by atoms with Crippen LogP contribution in [-0.2, 0) is 4.74 Å². The van der Waals surface area contributed by atoms with Crippen molar-refractivity contribution in [2.24, 2.45) is 0 Å². The van der Waals surface area contributed by atoms with Gasteiger partial charge in [-0.15, -0.1) is 0 Å². The van der Waals surface area contributed by atoms with E-state index >= 15 is 0 Å². The lowest BCUT2D eigenvalue weighted by Crippen LogP contribution is -2.12. The molecule has 0 aliphatic rings. The van der Waals surface area contributed by atoms with Gasteiger partial charge < -0.3 is 9.72 Å². The summed E-state index contributed by atoms with van der Waals surface area (Å²) in [7, 11) is 1.27. The Morgan fingerprint density at radius 1 is 1.16 bits per heavy atom. The van der Waals surface area contributed by atoms with Crippen LogP contribution in [0.15, 0.2) is 35.3 Å². The Labute approximate surface area is 118 Å². The predicted octanol–water partition coefficient (Wildman–Crippen LogP) is 3.14. The number of methoxy groups -OCH3 is 1. The molecule has 0 fully saturated rings. The predicted molar refractivity (Wildman–Crippen MR) is 73.9 cm³/mol. The summed E-state index contributed by atoms with van der Waals surface area (Å²) in [6.45, 7) is 0. The van der Waals surface area contributed by atoms with Crippen LogP contribution in [-0.4, -0.2) is 18.1 Å². The molecule has 0 bridgehead atoms. The molecule has 6 heteroatoms. The summed E-state index contributed by atoms with van der Waals surface area (Å²) < 4.78 is 4.60. The number of esters is 1. The second-order valence-corrected chi connectivity index (χ2v) is 4.65. The highest BCUT2D eigenvalue weighted by Crippen LogP contribution is 2.25. The van der Waals surface area contributed by atoms with Gasteiger partial charge in [0.2, 0.25) is 0 Å². The number of rotatable bonds is 2. The molecule has 0 atom stereocenters. The number of carbonyl (C=O) groups excluding carboxylic acids is 1. The Morgan fingerprint density at radius 3 is 2.37 bits per heavy atom. The molecule has 98 valence electrons. The maximum absolute atomic E-state index is 11.8. The first-order chi connectivity index (χ1) is 9.01. The quantitative estimate of drug-likeness (QED) is 0.866. The van der Waals surface area contributed by atoms with E-state index in [0.717, 1.165) is 0 Å². The normalized spacial score (nSPS) is 10.3. The number of carbonyl (C=O) groups is 1. The minimum absolute atomic E-state index is 0.244. The van der Waals surface area contributed by atoms with E-state index in [1.54, 1.807) is 18.2 Å². The number of nitrogens with one attached hydrogen (secondary N) is 1. The molecule has 1 aromatic heterocycles. The summed E-state index contributed by atoms with van der Waals surface area (Å²) >= 11 is 11.8. The fraction of sp³-hybridized carbons (Fsp3) is 0.0769. The van der Waals surface area contributed by atoms with Crippen LogP contribution in [0.4, 0.5) is 0 Å². The standard InChI is InChI=1S/C13H9Cl2NO3/c1-19-13(18)8-4-11(12(17)16-6-8)7-2-9(14)5-10(15)3-7/h2-6H,1H3,(H,16,17). The number of hydrogen-bond donors (Lipinski definition) is 1. The van der Waals surface area contributed by atoms with Gasteiger partial charge in [-0.2, -0.15) is 0 Å². The van der Waals surface area contributed by atoms with Crippen molar-refractivity contribution >= 4 is 29.2 Å². The van der Waals surface area contributed by atoms with Crippen molar-refractivity contribution in [3.05, 3.63) is 56.4 Å². The summed E-state index contributed by atoms with van der Waals surface area (Å²) in [5.41, 5.74) is 0.732. The van der Waals surface area contributed by atoms with E-state index < -0.39 is 5.97 Å². The first-order valence-electron chi connectivity index (χ1n) is 5.29. The molecule has 0 aliphatic heterocycles. The van der Waals surface area contributed by atoms with Gasteiger partial charge in [-0.05, 0) is 29.8 Å². The molecule has 2 aromatic rings. The fourth-order valence-corrected chi connectivity index (χ4v) is 2.17. The number of ether oxygens (including phenoxy) is 1. The molecule has 0 saturated carbocycles. The molecule has 4 nitrogen and oxygen atoms in total. The average Bonchev–Trinajstić information content (AvgIpc) is 2.37. The van der Waals surface area contributed by atoms with Crippen LogP contribution >= 0.6 is 23.2 Å². The lowest BCUT2D eigenvalue weighted by atomic mass is 10.1. The van der Waals surface area contributed by atoms with E-state index in [9.17, 15) is 9.59 Å². The Balaban J connectivity index is 2.61. The van der Waals surface area contributed by atoms with Crippen molar-refractivity contribution in [3.8, 4) is 11.1 Å². The van der Waals surface area contributed by atoms with Gasteiger partial charge in [0.1, 0.15) is 0 Å². The molecule has 0 radical (unpaired) electrons. The van der Waals surface area contributed by atoms with Gasteiger partial charge in [0, 0.05) is 21.8 Å². The number of pyridine rings is 1. The molecule has 0 aliphatic carbocycles. The summed E-state index contributed by atoms with van der Waals surface area (Å²) in [5.74, 6) is -0.536. The molecule has 0 saturated heterocycles. The van der Waals surface area contributed by atoms with Crippen molar-refractivity contribution in [1.82, 2.24) is 4.98 Å². The van der Waals surface area contributed by atoms with Crippen LogP contribution in [0.1, 0.15) is 10.4 Å². The third kappa shape index (κ3) is 2.97. The van der Waals surface area contributed by atoms with Crippen LogP contribution in [0.3, 0.4) is 0 Å². The molecule has 1 heterocycles. The van der Waals surface area contributed by atoms with E-state index in [-0.39, 0.29) is 11.1 Å². The van der Waals surface area contributed by atoms with Crippen molar-refractivity contribution in [1.29, 1.82) is 0 Å². The van der Waals surface area contributed by atoms with Gasteiger partial charge in [0.05, 0.1) is 12.7 Å². The van der Waals surface area contributed by atoms with Crippen LogP contribution in [0.2, 0.25) is 10.0 Å². The number of hydrogen-bond acceptors (Lipinski definition) is 3. The molecular weight excluding hydrogens is 289 g/mol. The number of aromatic amines is 1. The van der Waals surface area contributed by atoms with Crippen LogP contribution < -0.4 is 5.56 Å². The highest BCUT2D eigenvalue weighted by molar-refractivity contribution is 6.35. The van der Waals surface area contributed by atoms with E-state index in [0.29, 0.717) is 21.2 Å². The maximum atomic E-state index is 11.8. The van der Waals surface area contributed by atoms with Crippen molar-refractivity contribution in [2.45, 2.75) is 0 Å². The summed E-state index contributed by atoms with van der Waals surface area (Å²) in [6.07, 6.45) is 1.30. The topological polar surface area (TPSA) is 59.2 Å². The number of H-pyrrole nitrogens is 1. The van der Waals surface area contributed by atoms with Crippen LogP contribution in [0, 0.1) is 0 Å². The number of benzene rings is 1. The van der Waals surface area contributed by atoms with Crippen LogP contribution in [0.25, 0.3) is 11.1 Å². The highest BCUT2D eigenvalue weighted by atomic mass is 35.5. The molecule has 1 aromatic carbocycles. The van der Waals surface area contributed by atoms with Gasteiger partial charge in [0.15, 0.2) is 0 Å². The minimum atomic E-state index is -0.536. The van der Waals surface area contributed by atoms with Gasteiger partial charge in [-0.25, -0.2) is 4.79 Å². The largest absolute Gasteiger partial charge is 0.465 e. The Kier molecular flexibility index (Phi) is 3.93. The Hall–Kier alpha value is -1.78.